The van der Waals surface area contributed by atoms with Gasteiger partial charge in [-0.2, -0.15) is 18.4 Å². The van der Waals surface area contributed by atoms with Gasteiger partial charge in [0.25, 0.3) is 0 Å². The van der Waals surface area contributed by atoms with E-state index in [0.717, 1.165) is 23.0 Å². The Morgan fingerprint density at radius 3 is 2.78 bits per heavy atom. The Kier molecular flexibility index (Phi) is 6.73. The monoisotopic (exact) mass is 634 g/mol. The molecule has 0 unspecified atom stereocenters. The van der Waals surface area contributed by atoms with Gasteiger partial charge in [0.1, 0.15) is 35.6 Å². The van der Waals surface area contributed by atoms with Crippen LogP contribution in [0.5, 0.6) is 11.8 Å². The van der Waals surface area contributed by atoms with Gasteiger partial charge in [0, 0.05) is 53.5 Å². The zero-order chi connectivity index (χ0) is 31.7. The number of rotatable bonds is 6. The molecule has 0 radical (unpaired) electrons. The van der Waals surface area contributed by atoms with E-state index < -0.39 is 33.6 Å². The molecule has 3 N–H and O–H groups in total. The molecule has 10 nitrogen and oxygen atoms in total. The first-order valence-electron chi connectivity index (χ1n) is 14.0. The molecule has 0 saturated carbocycles. The minimum atomic E-state index is -4.14. The molecule has 0 aliphatic carbocycles. The van der Waals surface area contributed by atoms with E-state index in [1.54, 1.807) is 0 Å². The highest BCUT2D eigenvalue weighted by Gasteiger charge is 2.49. The molecule has 14 heteroatoms. The van der Waals surface area contributed by atoms with Crippen molar-refractivity contribution >= 4 is 31.9 Å². The van der Waals surface area contributed by atoms with E-state index in [2.05, 4.69) is 20.9 Å². The molecule has 230 valence electrons. The fourth-order valence-electron chi connectivity index (χ4n) is 6.58. The Labute approximate surface area is 255 Å². The van der Waals surface area contributed by atoms with Gasteiger partial charge in [-0.1, -0.05) is 12.0 Å². The Balaban J connectivity index is 1.42. The third kappa shape index (κ3) is 4.84. The van der Waals surface area contributed by atoms with Crippen LogP contribution in [0.2, 0.25) is 0 Å². The Bertz CT molecular complexity index is 2180. The summed E-state index contributed by atoms with van der Waals surface area (Å²) in [5, 5.41) is 16.4. The second-order valence-electron chi connectivity index (χ2n) is 11.3. The molecule has 0 amide bonds. The molecule has 2 aromatic carbocycles. The van der Waals surface area contributed by atoms with Gasteiger partial charge in [-0.25, -0.2) is 22.3 Å². The standard InChI is InChI=1S/C31H25F3N6O4S/c1-2-21-24(33)5-4-17-10-20(41)11-22(25(17)21)28-26(34)29-23(13-36-28)27(18-6-9-40(14-18)45(35,42)43)37-30(38-29)44-16-31-7-3-8-39(31)15-19(32)12-31/h1,4-6,9-11,13-14,19,41H,3,7-8,12,15-16H2,(H2,35,42,43)/t19-,31+/m1/s1. The van der Waals surface area contributed by atoms with Gasteiger partial charge >= 0.3 is 16.2 Å². The smallest absolute Gasteiger partial charge is 0.317 e. The molecule has 2 atom stereocenters. The van der Waals surface area contributed by atoms with Crippen LogP contribution in [0, 0.1) is 24.0 Å². The summed E-state index contributed by atoms with van der Waals surface area (Å²) in [5.41, 5.74) is -0.826. The van der Waals surface area contributed by atoms with Crippen LogP contribution in [0.3, 0.4) is 0 Å². The molecule has 3 aromatic heterocycles. The van der Waals surface area contributed by atoms with Crippen molar-refractivity contribution < 1.29 is 31.4 Å². The molecule has 0 bridgehead atoms. The largest absolute Gasteiger partial charge is 0.508 e. The lowest BCUT2D eigenvalue weighted by Gasteiger charge is -2.30. The summed E-state index contributed by atoms with van der Waals surface area (Å²) >= 11 is 0. The number of terminal acetylenes is 1. The number of halogens is 3. The molecule has 7 rings (SSSR count). The molecule has 0 spiro atoms. The topological polar surface area (TPSA) is 136 Å². The number of hydrogen-bond donors (Lipinski definition) is 2. The number of pyridine rings is 1. The molecule has 45 heavy (non-hydrogen) atoms. The highest BCUT2D eigenvalue weighted by molar-refractivity contribution is 7.87. The third-order valence-electron chi connectivity index (χ3n) is 8.58. The van der Waals surface area contributed by atoms with E-state index in [1.807, 2.05) is 4.90 Å². The molecule has 2 saturated heterocycles. The van der Waals surface area contributed by atoms with Crippen molar-refractivity contribution in [2.24, 2.45) is 5.14 Å². The SMILES string of the molecule is C#Cc1c(F)ccc2cc(O)cc(-c3ncc4c(-c5ccn(S(N)(=O)=O)c5)nc(OC[C@@]56CCCN5C[C@H](F)C6)nc4c3F)c12. The Morgan fingerprint density at radius 1 is 1.20 bits per heavy atom. The van der Waals surface area contributed by atoms with Crippen LogP contribution in [0.25, 0.3) is 44.2 Å². The number of nitrogens with two attached hydrogens (primary N) is 1. The normalized spacial score (nSPS) is 20.1. The van der Waals surface area contributed by atoms with E-state index >= 15 is 4.39 Å². The number of hydrogen-bond acceptors (Lipinski definition) is 8. The van der Waals surface area contributed by atoms with Gasteiger partial charge in [0.15, 0.2) is 5.82 Å². The molecule has 2 aliphatic rings. The van der Waals surface area contributed by atoms with Crippen LogP contribution in [-0.2, 0) is 10.2 Å². The maximum atomic E-state index is 16.6. The number of aromatic nitrogens is 4. The van der Waals surface area contributed by atoms with Gasteiger partial charge < -0.3 is 9.84 Å². The summed E-state index contributed by atoms with van der Waals surface area (Å²) < 4.78 is 76.5. The summed E-state index contributed by atoms with van der Waals surface area (Å²) in [4.78, 5) is 15.2. The van der Waals surface area contributed by atoms with Gasteiger partial charge in [0.2, 0.25) is 0 Å². The van der Waals surface area contributed by atoms with Crippen LogP contribution in [0.15, 0.2) is 48.9 Å². The van der Waals surface area contributed by atoms with Crippen LogP contribution >= 0.6 is 0 Å². The van der Waals surface area contributed by atoms with E-state index in [1.165, 1.54) is 42.9 Å². The zero-order valence-corrected chi connectivity index (χ0v) is 24.4. The van der Waals surface area contributed by atoms with Crippen molar-refractivity contribution in [3.05, 3.63) is 66.1 Å². The minimum absolute atomic E-state index is 0.0280. The molecular formula is C31H25F3N6O4S. The van der Waals surface area contributed by atoms with Gasteiger partial charge in [-0.15, -0.1) is 6.42 Å². The summed E-state index contributed by atoms with van der Waals surface area (Å²) in [5.74, 6) is 0.414. The van der Waals surface area contributed by atoms with E-state index in [9.17, 15) is 22.3 Å². The van der Waals surface area contributed by atoms with E-state index in [4.69, 9.17) is 16.3 Å². The quantitative estimate of drug-likeness (QED) is 0.264. The predicted molar refractivity (Wildman–Crippen MR) is 160 cm³/mol. The van der Waals surface area contributed by atoms with E-state index in [-0.39, 0.29) is 69.2 Å². The number of phenolic OH excluding ortho intramolecular Hbond substituents is 1. The van der Waals surface area contributed by atoms with Gasteiger partial charge in [0.05, 0.1) is 16.8 Å². The number of aromatic hydroxyl groups is 1. The lowest BCUT2D eigenvalue weighted by molar-refractivity contribution is 0.107. The number of phenols is 1. The summed E-state index contributed by atoms with van der Waals surface area (Å²) in [6.45, 7) is 1.09. The highest BCUT2D eigenvalue weighted by Crippen LogP contribution is 2.41. The Morgan fingerprint density at radius 2 is 2.02 bits per heavy atom. The number of alkyl halides is 1. The van der Waals surface area contributed by atoms with Crippen molar-refractivity contribution in [1.82, 2.24) is 23.8 Å². The third-order valence-corrected chi connectivity index (χ3v) is 9.40. The zero-order valence-electron chi connectivity index (χ0n) is 23.5. The fourth-order valence-corrected chi connectivity index (χ4v) is 7.08. The first-order valence-corrected chi connectivity index (χ1v) is 15.5. The van der Waals surface area contributed by atoms with Crippen molar-refractivity contribution in [3.8, 4) is 46.6 Å². The fraction of sp³-hybridized carbons (Fsp3) is 0.258. The van der Waals surface area contributed by atoms with Crippen LogP contribution < -0.4 is 9.88 Å². The Hall–Kier alpha value is -4.71. The van der Waals surface area contributed by atoms with Crippen LogP contribution in [0.1, 0.15) is 24.8 Å². The second-order valence-corrected chi connectivity index (χ2v) is 12.8. The average molecular weight is 635 g/mol. The summed E-state index contributed by atoms with van der Waals surface area (Å²) in [6.07, 6.45) is 10.2. The summed E-state index contributed by atoms with van der Waals surface area (Å²) in [6, 6.07) is 6.37. The van der Waals surface area contributed by atoms with Crippen molar-refractivity contribution in [3.63, 3.8) is 0 Å². The number of ether oxygens (including phenoxy) is 1. The van der Waals surface area contributed by atoms with Gasteiger partial charge in [-0.05, 0) is 49.0 Å². The average Bonchev–Trinajstić information content (AvgIpc) is 3.71. The van der Waals surface area contributed by atoms with Crippen LogP contribution in [-0.4, -0.2) is 68.8 Å². The number of fused-ring (bicyclic) bond motifs is 3. The highest BCUT2D eigenvalue weighted by atomic mass is 32.2. The van der Waals surface area contributed by atoms with Crippen molar-refractivity contribution in [2.75, 3.05) is 19.7 Å². The van der Waals surface area contributed by atoms with Crippen molar-refractivity contribution in [1.29, 1.82) is 0 Å². The summed E-state index contributed by atoms with van der Waals surface area (Å²) in [7, 11) is -4.14. The van der Waals surface area contributed by atoms with Crippen LogP contribution in [0.4, 0.5) is 13.2 Å². The first-order chi connectivity index (χ1) is 21.5. The lowest BCUT2D eigenvalue weighted by atomic mass is 9.95. The molecule has 2 aliphatic heterocycles. The lowest BCUT2D eigenvalue weighted by Crippen LogP contribution is -2.43. The van der Waals surface area contributed by atoms with Gasteiger partial charge in [-0.3, -0.25) is 9.88 Å². The van der Waals surface area contributed by atoms with E-state index in [0.29, 0.717) is 18.4 Å². The van der Waals surface area contributed by atoms with Crippen molar-refractivity contribution in [2.45, 2.75) is 31.0 Å². The maximum Gasteiger partial charge on any atom is 0.317 e. The molecule has 5 heterocycles. The first kappa shape index (κ1) is 29.0. The molecule has 5 aromatic rings. The number of nitrogens with zero attached hydrogens (tertiary/aromatic N) is 5. The molecular weight excluding hydrogens is 609 g/mol. The maximum absolute atomic E-state index is 16.6. The predicted octanol–water partition coefficient (Wildman–Crippen LogP) is 4.29. The number of benzene rings is 2. The molecule has 2 fully saturated rings. The second kappa shape index (κ2) is 10.4. The minimum Gasteiger partial charge on any atom is -0.508 e.